The third-order valence-corrected chi connectivity index (χ3v) is 9.69. The van der Waals surface area contributed by atoms with Gasteiger partial charge in [-0.1, -0.05) is 141 Å². The van der Waals surface area contributed by atoms with Crippen LogP contribution in [0.1, 0.15) is 13.3 Å². The number of nitrogens with zero attached hydrogens (tertiary/aromatic N) is 2. The highest BCUT2D eigenvalue weighted by atomic mass is 15.2. The second-order valence-corrected chi connectivity index (χ2v) is 12.7. The van der Waals surface area contributed by atoms with Gasteiger partial charge in [0.05, 0.1) is 11.4 Å². The molecule has 2 heteroatoms. The number of rotatable bonds is 8. The van der Waals surface area contributed by atoms with Crippen LogP contribution >= 0.6 is 0 Å². The Morgan fingerprint density at radius 3 is 1.51 bits per heavy atom. The summed E-state index contributed by atoms with van der Waals surface area (Å²) in [6.07, 6.45) is 7.42. The number of hydrogen-bond acceptors (Lipinski definition) is 2. The average molecular weight is 631 g/mol. The van der Waals surface area contributed by atoms with Crippen molar-refractivity contribution in [3.63, 3.8) is 0 Å². The van der Waals surface area contributed by atoms with Crippen molar-refractivity contribution < 1.29 is 0 Å². The van der Waals surface area contributed by atoms with Gasteiger partial charge in [0.1, 0.15) is 0 Å². The van der Waals surface area contributed by atoms with Crippen LogP contribution in [0.2, 0.25) is 0 Å². The molecule has 7 aromatic carbocycles. The lowest BCUT2D eigenvalue weighted by Crippen LogP contribution is -2.20. The van der Waals surface area contributed by atoms with Crippen molar-refractivity contribution in [2.75, 3.05) is 9.80 Å². The Balaban J connectivity index is 1.16. The van der Waals surface area contributed by atoms with E-state index in [1.54, 1.807) is 0 Å². The van der Waals surface area contributed by atoms with Gasteiger partial charge in [-0.25, -0.2) is 0 Å². The first kappa shape index (κ1) is 30.2. The Bertz CT molecular complexity index is 2320. The molecular formula is C47H38N2. The first-order valence-corrected chi connectivity index (χ1v) is 17.0. The van der Waals surface area contributed by atoms with Gasteiger partial charge in [-0.3, -0.25) is 0 Å². The molecule has 49 heavy (non-hydrogen) atoms. The fourth-order valence-corrected chi connectivity index (χ4v) is 7.17. The molecule has 1 aliphatic carbocycles. The number of fused-ring (bicyclic) bond motifs is 2. The average Bonchev–Trinajstić information content (AvgIpc) is 3.16. The lowest BCUT2D eigenvalue weighted by Gasteiger charge is -2.32. The Morgan fingerprint density at radius 1 is 0.490 bits per heavy atom. The molecule has 0 bridgehead atoms. The minimum Gasteiger partial charge on any atom is -0.314 e. The van der Waals surface area contributed by atoms with Crippen LogP contribution in [0.15, 0.2) is 200 Å². The molecule has 1 aliphatic rings. The van der Waals surface area contributed by atoms with Crippen LogP contribution in [0.25, 0.3) is 32.7 Å². The maximum absolute atomic E-state index is 4.04. The number of benzene rings is 7. The zero-order valence-corrected chi connectivity index (χ0v) is 27.7. The Morgan fingerprint density at radius 2 is 0.959 bits per heavy atom. The smallest absolute Gasteiger partial charge is 0.0540 e. The minimum atomic E-state index is 0.400. The van der Waals surface area contributed by atoms with E-state index in [1.165, 1.54) is 49.6 Å². The highest BCUT2D eigenvalue weighted by molar-refractivity contribution is 5.99. The molecule has 0 spiro atoms. The lowest BCUT2D eigenvalue weighted by atomic mass is 9.90. The summed E-state index contributed by atoms with van der Waals surface area (Å²) in [5.41, 5.74) is 10.7. The van der Waals surface area contributed by atoms with Crippen LogP contribution in [0.4, 0.5) is 28.4 Å². The third-order valence-electron chi connectivity index (χ3n) is 9.69. The van der Waals surface area contributed by atoms with Crippen molar-refractivity contribution in [3.8, 4) is 11.1 Å². The predicted molar refractivity (Wildman–Crippen MR) is 210 cm³/mol. The number of anilines is 5. The van der Waals surface area contributed by atoms with E-state index in [2.05, 4.69) is 199 Å². The van der Waals surface area contributed by atoms with Gasteiger partial charge in [-0.15, -0.1) is 0 Å². The quantitative estimate of drug-likeness (QED) is 0.165. The lowest BCUT2D eigenvalue weighted by molar-refractivity contribution is 0.669. The molecule has 2 nitrogen and oxygen atoms in total. The van der Waals surface area contributed by atoms with Gasteiger partial charge < -0.3 is 9.80 Å². The molecule has 0 amide bonds. The van der Waals surface area contributed by atoms with Gasteiger partial charge in [0.25, 0.3) is 0 Å². The predicted octanol–water partition coefficient (Wildman–Crippen LogP) is 13.3. The molecule has 0 radical (unpaired) electrons. The van der Waals surface area contributed by atoms with Crippen molar-refractivity contribution in [3.05, 3.63) is 200 Å². The first-order valence-electron chi connectivity index (χ1n) is 17.0. The number of para-hydroxylation sites is 1. The van der Waals surface area contributed by atoms with Gasteiger partial charge in [0.15, 0.2) is 0 Å². The zero-order chi connectivity index (χ0) is 33.2. The molecule has 0 fully saturated rings. The Kier molecular flexibility index (Phi) is 8.13. The maximum Gasteiger partial charge on any atom is 0.0540 e. The van der Waals surface area contributed by atoms with Crippen LogP contribution in [0, 0.1) is 5.92 Å². The van der Waals surface area contributed by atoms with Crippen LogP contribution in [-0.4, -0.2) is 0 Å². The summed E-state index contributed by atoms with van der Waals surface area (Å²) < 4.78 is 0. The molecule has 1 atom stereocenters. The summed E-state index contributed by atoms with van der Waals surface area (Å²) in [6.45, 7) is 6.33. The third kappa shape index (κ3) is 5.83. The maximum atomic E-state index is 4.04. The van der Waals surface area contributed by atoms with Crippen molar-refractivity contribution in [2.24, 2.45) is 5.92 Å². The van der Waals surface area contributed by atoms with Crippen LogP contribution < -0.4 is 9.80 Å². The van der Waals surface area contributed by atoms with Gasteiger partial charge in [0.2, 0.25) is 0 Å². The van der Waals surface area contributed by atoms with Crippen LogP contribution in [-0.2, 0) is 0 Å². The van der Waals surface area contributed by atoms with Gasteiger partial charge in [-0.05, 0) is 94.4 Å². The van der Waals surface area contributed by atoms with E-state index in [9.17, 15) is 0 Å². The van der Waals surface area contributed by atoms with Gasteiger partial charge in [-0.2, -0.15) is 0 Å². The molecule has 7 aromatic rings. The van der Waals surface area contributed by atoms with Crippen molar-refractivity contribution >= 4 is 50.0 Å². The highest BCUT2D eigenvalue weighted by Crippen LogP contribution is 2.42. The summed E-state index contributed by atoms with van der Waals surface area (Å²) in [5.74, 6) is 0.400. The molecule has 0 heterocycles. The molecule has 236 valence electrons. The molecule has 0 aromatic heterocycles. The summed E-state index contributed by atoms with van der Waals surface area (Å²) in [4.78, 5) is 4.78. The van der Waals surface area contributed by atoms with Crippen molar-refractivity contribution in [1.29, 1.82) is 0 Å². The molecular weight excluding hydrogens is 593 g/mol. The summed E-state index contributed by atoms with van der Waals surface area (Å²) >= 11 is 0. The summed E-state index contributed by atoms with van der Waals surface area (Å²) in [6, 6.07) is 58.9. The standard InChI is InChI=1S/C47H38N2/c1-3-35-23-32-43(33-34(35)2)49(47-22-12-16-39-14-8-10-20-45(39)47)42-30-26-37(27-31-42)36-24-28-41(29-25-36)48(40-17-5-4-6-18-40)46-21-11-15-38-13-7-9-19-44(38)46/h3-32,34H,1,33H2,2H3. The monoisotopic (exact) mass is 630 g/mol. The van der Waals surface area contributed by atoms with Crippen molar-refractivity contribution in [1.82, 2.24) is 0 Å². The fraction of sp³-hybridized carbons (Fsp3) is 0.0638. The normalized spacial score (nSPS) is 14.3. The SMILES string of the molecule is C=CC1=CC=C(N(c2ccc(-c3ccc(N(c4ccccc4)c4cccc5ccccc45)cc3)cc2)c2cccc3ccccc23)CC1C. The minimum absolute atomic E-state index is 0.400. The number of allylic oxidation sites excluding steroid dienone is 5. The van der Waals surface area contributed by atoms with E-state index < -0.39 is 0 Å². The zero-order valence-electron chi connectivity index (χ0n) is 27.7. The van der Waals surface area contributed by atoms with Gasteiger partial charge in [0, 0.05) is 33.5 Å². The molecule has 0 saturated heterocycles. The van der Waals surface area contributed by atoms with Crippen LogP contribution in [0.5, 0.6) is 0 Å². The Labute approximate surface area is 289 Å². The molecule has 1 unspecified atom stereocenters. The van der Waals surface area contributed by atoms with E-state index in [4.69, 9.17) is 0 Å². The molecule has 0 aliphatic heterocycles. The van der Waals surface area contributed by atoms with E-state index in [-0.39, 0.29) is 0 Å². The highest BCUT2D eigenvalue weighted by Gasteiger charge is 2.22. The number of hydrogen-bond donors (Lipinski definition) is 0. The Hall–Kier alpha value is -6.12. The van der Waals surface area contributed by atoms with Crippen molar-refractivity contribution in [2.45, 2.75) is 13.3 Å². The second-order valence-electron chi connectivity index (χ2n) is 12.7. The molecule has 8 rings (SSSR count). The van der Waals surface area contributed by atoms with Crippen LogP contribution in [0.3, 0.4) is 0 Å². The summed E-state index contributed by atoms with van der Waals surface area (Å²) in [7, 11) is 0. The summed E-state index contributed by atoms with van der Waals surface area (Å²) in [5, 5.41) is 4.93. The van der Waals surface area contributed by atoms with E-state index in [0.29, 0.717) is 5.92 Å². The molecule has 0 N–H and O–H groups in total. The van der Waals surface area contributed by atoms with E-state index in [0.717, 1.165) is 29.2 Å². The fourth-order valence-electron chi connectivity index (χ4n) is 7.17. The molecule has 0 saturated carbocycles. The topological polar surface area (TPSA) is 6.48 Å². The van der Waals surface area contributed by atoms with E-state index in [1.807, 2.05) is 6.08 Å². The largest absolute Gasteiger partial charge is 0.314 e. The van der Waals surface area contributed by atoms with E-state index >= 15 is 0 Å². The van der Waals surface area contributed by atoms with Gasteiger partial charge >= 0.3 is 0 Å². The first-order chi connectivity index (χ1) is 24.2. The second kappa shape index (κ2) is 13.2.